The quantitative estimate of drug-likeness (QED) is 0.644. The molecular weight excluding hydrogens is 356 g/mol. The topological polar surface area (TPSA) is 94.2 Å². The second kappa shape index (κ2) is 6.93. The van der Waals surface area contributed by atoms with Gasteiger partial charge >= 0.3 is 5.69 Å². The largest absolute Gasteiger partial charge is 0.491 e. The normalized spacial score (nSPS) is 12.5. The summed E-state index contributed by atoms with van der Waals surface area (Å²) in [4.78, 5) is 27.4. The third-order valence-corrected chi connectivity index (χ3v) is 4.53. The number of hydrogen-bond donors (Lipinski definition) is 2. The molecule has 0 spiro atoms. The first-order chi connectivity index (χ1) is 12.3. The van der Waals surface area contributed by atoms with Crippen LogP contribution in [0.25, 0.3) is 11.2 Å². The summed E-state index contributed by atoms with van der Waals surface area (Å²) in [6.45, 7) is 2.07. The number of H-pyrrole nitrogens is 1. The summed E-state index contributed by atoms with van der Waals surface area (Å²) in [5.74, 6) is 0.657. The van der Waals surface area contributed by atoms with E-state index in [1.807, 2.05) is 31.2 Å². The Hall–Kier alpha value is -2.65. The van der Waals surface area contributed by atoms with E-state index >= 15 is 0 Å². The molecular formula is C17H20N4O4S. The molecule has 2 heterocycles. The van der Waals surface area contributed by atoms with Gasteiger partial charge in [-0.05, 0) is 36.8 Å². The van der Waals surface area contributed by atoms with Gasteiger partial charge in [-0.1, -0.05) is 12.1 Å². The lowest BCUT2D eigenvalue weighted by Gasteiger charge is -2.14. The predicted octanol–water partition coefficient (Wildman–Crippen LogP) is 0.845. The van der Waals surface area contributed by atoms with E-state index in [1.165, 1.54) is 16.2 Å². The van der Waals surface area contributed by atoms with Gasteiger partial charge in [0.15, 0.2) is 10.3 Å². The molecule has 0 aliphatic rings. The molecule has 0 amide bonds. The molecule has 0 bridgehead atoms. The van der Waals surface area contributed by atoms with E-state index in [0.29, 0.717) is 11.4 Å². The van der Waals surface area contributed by atoms with Crippen molar-refractivity contribution in [3.05, 3.63) is 55.4 Å². The average Bonchev–Trinajstić information content (AvgIpc) is 2.93. The van der Waals surface area contributed by atoms with E-state index in [-0.39, 0.29) is 23.4 Å². The van der Waals surface area contributed by atoms with Crippen molar-refractivity contribution in [1.82, 2.24) is 18.7 Å². The van der Waals surface area contributed by atoms with Gasteiger partial charge in [-0.3, -0.25) is 13.9 Å². The van der Waals surface area contributed by atoms with Crippen molar-refractivity contribution in [2.24, 2.45) is 14.1 Å². The molecule has 138 valence electrons. The van der Waals surface area contributed by atoms with Gasteiger partial charge in [0.2, 0.25) is 0 Å². The number of ether oxygens (including phenoxy) is 1. The smallest absolute Gasteiger partial charge is 0.332 e. The minimum absolute atomic E-state index is 0.0456. The summed E-state index contributed by atoms with van der Waals surface area (Å²) in [6, 6.07) is 7.50. The van der Waals surface area contributed by atoms with Crippen LogP contribution in [-0.2, 0) is 20.6 Å². The molecule has 2 N–H and O–H groups in total. The van der Waals surface area contributed by atoms with Crippen molar-refractivity contribution in [3.63, 3.8) is 0 Å². The van der Waals surface area contributed by atoms with Gasteiger partial charge in [0.1, 0.15) is 24.1 Å². The van der Waals surface area contributed by atoms with Crippen LogP contribution in [0.5, 0.6) is 5.75 Å². The van der Waals surface area contributed by atoms with Gasteiger partial charge in [0, 0.05) is 14.1 Å². The second-order valence-corrected chi connectivity index (χ2v) is 6.61. The lowest BCUT2D eigenvalue weighted by molar-refractivity contribution is 0.0930. The van der Waals surface area contributed by atoms with Crippen LogP contribution in [-0.4, -0.2) is 36.5 Å². The number of benzene rings is 1. The van der Waals surface area contributed by atoms with Crippen LogP contribution in [0.3, 0.4) is 0 Å². The van der Waals surface area contributed by atoms with Gasteiger partial charge < -0.3 is 19.4 Å². The number of aliphatic hydroxyl groups excluding tert-OH is 1. The Morgan fingerprint density at radius 3 is 2.69 bits per heavy atom. The summed E-state index contributed by atoms with van der Waals surface area (Å²) < 4.78 is 9.68. The number of aromatic amines is 1. The number of fused-ring (bicyclic) bond motifs is 1. The molecule has 0 aliphatic carbocycles. The maximum atomic E-state index is 12.5. The molecule has 0 fully saturated rings. The highest BCUT2D eigenvalue weighted by Crippen LogP contribution is 2.13. The Morgan fingerprint density at radius 2 is 2.00 bits per heavy atom. The fraction of sp³-hybridized carbons (Fsp3) is 0.353. The molecule has 3 aromatic rings. The number of nitrogens with one attached hydrogen (secondary N) is 1. The third-order valence-electron chi connectivity index (χ3n) is 4.21. The maximum absolute atomic E-state index is 12.5. The first-order valence-electron chi connectivity index (χ1n) is 8.05. The summed E-state index contributed by atoms with van der Waals surface area (Å²) in [5.41, 5.74) is 0.709. The minimum Gasteiger partial charge on any atom is -0.491 e. The highest BCUT2D eigenvalue weighted by Gasteiger charge is 2.17. The molecule has 1 aromatic carbocycles. The highest BCUT2D eigenvalue weighted by molar-refractivity contribution is 7.71. The SMILES string of the molecule is Cc1cccc(OC[C@H](O)Cn2c(=S)[nH]c3c2c(=O)n(C)c(=O)n3C)c1. The van der Waals surface area contributed by atoms with E-state index in [4.69, 9.17) is 17.0 Å². The Kier molecular flexibility index (Phi) is 4.84. The Bertz CT molecular complexity index is 1140. The number of nitrogens with zero attached hydrogens (tertiary/aromatic N) is 3. The molecule has 0 radical (unpaired) electrons. The number of aromatic nitrogens is 4. The number of rotatable bonds is 5. The standard InChI is InChI=1S/C17H20N4O4S/c1-10-5-4-6-12(7-10)25-9-11(22)8-21-13-14(18-16(21)26)19(2)17(24)20(3)15(13)23/h4-7,11,22H,8-9H2,1-3H3,(H,18,26)/t11-/m1/s1. The molecule has 0 saturated carbocycles. The lowest BCUT2D eigenvalue weighted by atomic mass is 10.2. The van der Waals surface area contributed by atoms with Gasteiger partial charge in [0.05, 0.1) is 6.54 Å². The van der Waals surface area contributed by atoms with Gasteiger partial charge in [-0.15, -0.1) is 0 Å². The van der Waals surface area contributed by atoms with E-state index in [9.17, 15) is 14.7 Å². The van der Waals surface area contributed by atoms with Crippen molar-refractivity contribution in [2.45, 2.75) is 19.6 Å². The molecule has 1 atom stereocenters. The zero-order valence-electron chi connectivity index (χ0n) is 14.7. The van der Waals surface area contributed by atoms with Crippen LogP contribution < -0.4 is 16.0 Å². The van der Waals surface area contributed by atoms with Gasteiger partial charge in [-0.25, -0.2) is 4.79 Å². The molecule has 9 heteroatoms. The Labute approximate surface area is 153 Å². The molecule has 0 aliphatic heterocycles. The molecule has 0 saturated heterocycles. The van der Waals surface area contributed by atoms with E-state index in [2.05, 4.69) is 4.98 Å². The van der Waals surface area contributed by atoms with Gasteiger partial charge in [0.25, 0.3) is 5.56 Å². The van der Waals surface area contributed by atoms with Crippen LogP contribution >= 0.6 is 12.2 Å². The molecule has 2 aromatic heterocycles. The monoisotopic (exact) mass is 376 g/mol. The number of aliphatic hydroxyl groups is 1. The van der Waals surface area contributed by atoms with E-state index in [1.54, 1.807) is 7.05 Å². The van der Waals surface area contributed by atoms with Crippen molar-refractivity contribution < 1.29 is 9.84 Å². The zero-order valence-corrected chi connectivity index (χ0v) is 15.5. The summed E-state index contributed by atoms with van der Waals surface area (Å²) in [7, 11) is 2.96. The van der Waals surface area contributed by atoms with Crippen LogP contribution in [0.4, 0.5) is 0 Å². The third kappa shape index (κ3) is 3.23. The van der Waals surface area contributed by atoms with Crippen molar-refractivity contribution >= 4 is 23.4 Å². The molecule has 26 heavy (non-hydrogen) atoms. The number of hydrogen-bond acceptors (Lipinski definition) is 5. The molecule has 0 unspecified atom stereocenters. The predicted molar refractivity (Wildman–Crippen MR) is 100 cm³/mol. The van der Waals surface area contributed by atoms with Gasteiger partial charge in [-0.2, -0.15) is 0 Å². The molecule has 8 nitrogen and oxygen atoms in total. The highest BCUT2D eigenvalue weighted by atomic mass is 32.1. The van der Waals surface area contributed by atoms with Crippen molar-refractivity contribution in [1.29, 1.82) is 0 Å². The lowest BCUT2D eigenvalue weighted by Crippen LogP contribution is -2.38. The van der Waals surface area contributed by atoms with Crippen LogP contribution in [0, 0.1) is 11.7 Å². The van der Waals surface area contributed by atoms with E-state index in [0.717, 1.165) is 10.1 Å². The number of imidazole rings is 1. The second-order valence-electron chi connectivity index (χ2n) is 6.23. The fourth-order valence-electron chi connectivity index (χ4n) is 2.82. The summed E-state index contributed by atoms with van der Waals surface area (Å²) >= 11 is 5.26. The van der Waals surface area contributed by atoms with Crippen LogP contribution in [0.15, 0.2) is 33.9 Å². The first-order valence-corrected chi connectivity index (χ1v) is 8.46. The Morgan fingerprint density at radius 1 is 1.27 bits per heavy atom. The van der Waals surface area contributed by atoms with Crippen LogP contribution in [0.1, 0.15) is 5.56 Å². The minimum atomic E-state index is -0.886. The average molecular weight is 376 g/mol. The number of aryl methyl sites for hydroxylation is 2. The Balaban J connectivity index is 1.89. The molecule has 3 rings (SSSR count). The zero-order chi connectivity index (χ0) is 19.0. The summed E-state index contributed by atoms with van der Waals surface area (Å²) in [6.07, 6.45) is -0.886. The van der Waals surface area contributed by atoms with Crippen molar-refractivity contribution in [2.75, 3.05) is 6.61 Å². The summed E-state index contributed by atoms with van der Waals surface area (Å²) in [5, 5.41) is 10.3. The maximum Gasteiger partial charge on any atom is 0.332 e. The van der Waals surface area contributed by atoms with Crippen LogP contribution in [0.2, 0.25) is 0 Å². The fourth-order valence-corrected chi connectivity index (χ4v) is 3.08. The van der Waals surface area contributed by atoms with Crippen molar-refractivity contribution in [3.8, 4) is 5.75 Å². The van der Waals surface area contributed by atoms with E-state index < -0.39 is 17.4 Å². The first kappa shape index (κ1) is 18.2.